The first-order valence-electron chi connectivity index (χ1n) is 8.09. The van der Waals surface area contributed by atoms with Crippen LogP contribution in [0.25, 0.3) is 0 Å². The fourth-order valence-corrected chi connectivity index (χ4v) is 2.37. The van der Waals surface area contributed by atoms with Crippen molar-refractivity contribution in [3.05, 3.63) is 59.7 Å². The van der Waals surface area contributed by atoms with Gasteiger partial charge in [0.1, 0.15) is 5.75 Å². The lowest BCUT2D eigenvalue weighted by atomic mass is 10.1. The number of benzene rings is 2. The fourth-order valence-electron chi connectivity index (χ4n) is 2.37. The maximum absolute atomic E-state index is 12.4. The number of primary amides is 1. The van der Waals surface area contributed by atoms with Gasteiger partial charge in [-0.15, -0.1) is 0 Å². The zero-order valence-electron chi connectivity index (χ0n) is 14.6. The molecule has 0 saturated carbocycles. The molecule has 6 heteroatoms. The molecule has 25 heavy (non-hydrogen) atoms. The van der Waals surface area contributed by atoms with Crippen LogP contribution in [0, 0.1) is 0 Å². The summed E-state index contributed by atoms with van der Waals surface area (Å²) in [7, 11) is 0. The molecule has 0 aliphatic carbocycles. The molecule has 1 unspecified atom stereocenters. The molecule has 0 radical (unpaired) electrons. The van der Waals surface area contributed by atoms with Crippen LogP contribution in [0.1, 0.15) is 42.7 Å². The minimum absolute atomic E-state index is 0.0839. The summed E-state index contributed by atoms with van der Waals surface area (Å²) in [4.78, 5) is 23.4. The second-order valence-corrected chi connectivity index (χ2v) is 6.00. The topological polar surface area (TPSA) is 93.4 Å². The summed E-state index contributed by atoms with van der Waals surface area (Å²) < 4.78 is 5.68. The van der Waals surface area contributed by atoms with Gasteiger partial charge in [0, 0.05) is 11.3 Å². The number of nitrogens with one attached hydrogen (secondary N) is 2. The van der Waals surface area contributed by atoms with Crippen LogP contribution >= 0.6 is 0 Å². The predicted octanol–water partition coefficient (Wildman–Crippen LogP) is 3.46. The van der Waals surface area contributed by atoms with Crippen molar-refractivity contribution in [3.63, 3.8) is 0 Å². The molecule has 0 aromatic heterocycles. The molecule has 1 atom stereocenters. The maximum Gasteiger partial charge on any atom is 0.316 e. The minimum atomic E-state index is -0.673. The average molecular weight is 341 g/mol. The highest BCUT2D eigenvalue weighted by Gasteiger charge is 2.13. The second-order valence-electron chi connectivity index (χ2n) is 6.00. The summed E-state index contributed by atoms with van der Waals surface area (Å²) in [6.07, 6.45) is 0.0839. The monoisotopic (exact) mass is 341 g/mol. The number of urea groups is 1. The average Bonchev–Trinajstić information content (AvgIpc) is 2.54. The number of carbonyl (C=O) groups excluding carboxylic acids is 2. The van der Waals surface area contributed by atoms with E-state index in [4.69, 9.17) is 10.5 Å². The molecular weight excluding hydrogens is 318 g/mol. The first-order valence-corrected chi connectivity index (χ1v) is 8.09. The fraction of sp³-hybridized carbons (Fsp3) is 0.263. The summed E-state index contributed by atoms with van der Waals surface area (Å²) in [6.45, 7) is 5.83. The third-order valence-electron chi connectivity index (χ3n) is 3.47. The number of carbonyl (C=O) groups is 2. The van der Waals surface area contributed by atoms with Crippen molar-refractivity contribution >= 4 is 17.6 Å². The van der Waals surface area contributed by atoms with E-state index in [0.29, 0.717) is 11.3 Å². The van der Waals surface area contributed by atoms with Gasteiger partial charge in [-0.05, 0) is 56.7 Å². The Labute approximate surface area is 147 Å². The highest BCUT2D eigenvalue weighted by atomic mass is 16.5. The zero-order valence-corrected chi connectivity index (χ0v) is 14.6. The summed E-state index contributed by atoms with van der Waals surface area (Å²) in [5.74, 6) is 0.525. The van der Waals surface area contributed by atoms with Crippen molar-refractivity contribution in [3.8, 4) is 5.75 Å². The van der Waals surface area contributed by atoms with Gasteiger partial charge in [0.25, 0.3) is 5.91 Å². The normalized spacial score (nSPS) is 11.7. The van der Waals surface area contributed by atoms with Gasteiger partial charge in [0.2, 0.25) is 0 Å². The molecule has 132 valence electrons. The molecule has 0 heterocycles. The first-order chi connectivity index (χ1) is 11.8. The van der Waals surface area contributed by atoms with Gasteiger partial charge in [-0.2, -0.15) is 0 Å². The lowest BCUT2D eigenvalue weighted by molar-refractivity contribution is 0.0939. The van der Waals surface area contributed by atoms with Crippen LogP contribution in [-0.2, 0) is 0 Å². The molecule has 4 N–H and O–H groups in total. The van der Waals surface area contributed by atoms with Gasteiger partial charge in [-0.1, -0.05) is 18.2 Å². The van der Waals surface area contributed by atoms with Crippen LogP contribution in [-0.4, -0.2) is 18.0 Å². The van der Waals surface area contributed by atoms with Crippen LogP contribution in [0.15, 0.2) is 48.5 Å². The molecule has 0 aliphatic rings. The second kappa shape index (κ2) is 8.19. The van der Waals surface area contributed by atoms with E-state index in [1.165, 1.54) is 0 Å². The van der Waals surface area contributed by atoms with Gasteiger partial charge < -0.3 is 21.1 Å². The van der Waals surface area contributed by atoms with Crippen molar-refractivity contribution in [2.75, 3.05) is 5.32 Å². The van der Waals surface area contributed by atoms with Gasteiger partial charge in [-0.3, -0.25) is 4.79 Å². The third-order valence-corrected chi connectivity index (χ3v) is 3.47. The van der Waals surface area contributed by atoms with E-state index in [2.05, 4.69) is 10.6 Å². The van der Waals surface area contributed by atoms with Crippen molar-refractivity contribution in [1.29, 1.82) is 0 Å². The number of hydrogen-bond donors (Lipinski definition) is 3. The van der Waals surface area contributed by atoms with Crippen LogP contribution in [0.4, 0.5) is 10.5 Å². The Bertz CT molecular complexity index is 759. The molecule has 2 aromatic rings. The molecule has 2 rings (SSSR count). The largest absolute Gasteiger partial charge is 0.491 e. The molecular formula is C19H23N3O3. The zero-order chi connectivity index (χ0) is 18.4. The van der Waals surface area contributed by atoms with Crippen molar-refractivity contribution in [1.82, 2.24) is 5.32 Å². The summed E-state index contributed by atoms with van der Waals surface area (Å²) in [6, 6.07) is 13.4. The van der Waals surface area contributed by atoms with Crippen molar-refractivity contribution in [2.24, 2.45) is 5.73 Å². The highest BCUT2D eigenvalue weighted by Crippen LogP contribution is 2.21. The van der Waals surface area contributed by atoms with Crippen LogP contribution in [0.3, 0.4) is 0 Å². The molecule has 0 saturated heterocycles. The smallest absolute Gasteiger partial charge is 0.316 e. The first kappa shape index (κ1) is 18.3. The Hall–Kier alpha value is -3.02. The Morgan fingerprint density at radius 2 is 1.76 bits per heavy atom. The van der Waals surface area contributed by atoms with Gasteiger partial charge in [0.15, 0.2) is 0 Å². The number of ether oxygens (including phenoxy) is 1. The molecule has 0 fully saturated rings. The molecule has 0 aliphatic heterocycles. The van der Waals surface area contributed by atoms with Crippen LogP contribution in [0.5, 0.6) is 5.75 Å². The van der Waals surface area contributed by atoms with Crippen molar-refractivity contribution < 1.29 is 14.3 Å². The van der Waals surface area contributed by atoms with Gasteiger partial charge in [0.05, 0.1) is 12.1 Å². The van der Waals surface area contributed by atoms with E-state index in [-0.39, 0.29) is 18.1 Å². The molecule has 0 bridgehead atoms. The number of anilines is 1. The van der Waals surface area contributed by atoms with E-state index < -0.39 is 6.03 Å². The molecule has 6 nitrogen and oxygen atoms in total. The van der Waals surface area contributed by atoms with E-state index >= 15 is 0 Å². The lowest BCUT2D eigenvalue weighted by Crippen LogP contribution is -2.27. The Morgan fingerprint density at radius 1 is 1.04 bits per heavy atom. The molecule has 0 spiro atoms. The highest BCUT2D eigenvalue weighted by molar-refractivity contribution is 5.96. The summed E-state index contributed by atoms with van der Waals surface area (Å²) in [5.41, 5.74) is 6.95. The van der Waals surface area contributed by atoms with Crippen molar-refractivity contribution in [2.45, 2.75) is 32.9 Å². The number of nitrogens with two attached hydrogens (primary N) is 1. The molecule has 2 aromatic carbocycles. The number of rotatable bonds is 6. The summed E-state index contributed by atoms with van der Waals surface area (Å²) in [5, 5.41) is 5.39. The van der Waals surface area contributed by atoms with E-state index in [0.717, 1.165) is 11.3 Å². The standard InChI is InChI=1S/C19H23N3O3/c1-12(2)25-17-9-5-6-14(11-17)13(3)21-18(23)15-7-4-8-16(10-15)22-19(20)24/h4-13H,1-3H3,(H,21,23)(H3,20,22,24). The minimum Gasteiger partial charge on any atom is -0.491 e. The Kier molecular flexibility index (Phi) is 6.00. The summed E-state index contributed by atoms with van der Waals surface area (Å²) >= 11 is 0. The lowest BCUT2D eigenvalue weighted by Gasteiger charge is -2.17. The Balaban J connectivity index is 2.08. The third kappa shape index (κ3) is 5.53. The SMILES string of the molecule is CC(C)Oc1cccc(C(C)NC(=O)c2cccc(NC(N)=O)c2)c1. The molecule has 3 amide bonds. The quantitative estimate of drug-likeness (QED) is 0.751. The van der Waals surface area contributed by atoms with Gasteiger partial charge in [-0.25, -0.2) is 4.79 Å². The van der Waals surface area contributed by atoms with Gasteiger partial charge >= 0.3 is 6.03 Å². The van der Waals surface area contributed by atoms with Crippen LogP contribution < -0.4 is 21.1 Å². The maximum atomic E-state index is 12.4. The predicted molar refractivity (Wildman–Crippen MR) is 97.7 cm³/mol. The van der Waals surface area contributed by atoms with E-state index in [1.807, 2.05) is 45.0 Å². The Morgan fingerprint density at radius 3 is 2.44 bits per heavy atom. The van der Waals surface area contributed by atoms with Crippen LogP contribution in [0.2, 0.25) is 0 Å². The van der Waals surface area contributed by atoms with E-state index in [9.17, 15) is 9.59 Å². The number of hydrogen-bond acceptors (Lipinski definition) is 3. The van der Waals surface area contributed by atoms with E-state index in [1.54, 1.807) is 24.3 Å². The number of amides is 3.